The lowest BCUT2D eigenvalue weighted by Crippen LogP contribution is -2.22. The summed E-state index contributed by atoms with van der Waals surface area (Å²) in [6.45, 7) is 1.70. The highest BCUT2D eigenvalue weighted by molar-refractivity contribution is 8.00. The molecule has 10 heteroatoms. The number of thioether (sulfide) groups is 1. The predicted molar refractivity (Wildman–Crippen MR) is 90.1 cm³/mol. The van der Waals surface area contributed by atoms with Crippen molar-refractivity contribution in [3.63, 3.8) is 0 Å². The summed E-state index contributed by atoms with van der Waals surface area (Å²) in [4.78, 5) is 12.3. The zero-order valence-corrected chi connectivity index (χ0v) is 14.2. The average molecular weight is 382 g/mol. The second-order valence-corrected chi connectivity index (χ2v) is 6.54. The summed E-state index contributed by atoms with van der Waals surface area (Å²) in [6.07, 6.45) is -2.96. The number of fused-ring (bicyclic) bond motifs is 1. The van der Waals surface area contributed by atoms with Crippen molar-refractivity contribution in [3.8, 4) is 5.75 Å². The van der Waals surface area contributed by atoms with Gasteiger partial charge in [-0.05, 0) is 43.3 Å². The monoisotopic (exact) mass is 382 g/mol. The van der Waals surface area contributed by atoms with Gasteiger partial charge in [0, 0.05) is 11.9 Å². The summed E-state index contributed by atoms with van der Waals surface area (Å²) < 4.78 is 42.0. The summed E-state index contributed by atoms with van der Waals surface area (Å²) in [5.41, 5.74) is 1.03. The summed E-state index contributed by atoms with van der Waals surface area (Å²) in [6, 6.07) is 10.4. The lowest BCUT2D eigenvalue weighted by molar-refractivity contribution is -0.274. The Labute approximate surface area is 150 Å². The number of halogens is 3. The Morgan fingerprint density at radius 3 is 2.62 bits per heavy atom. The Balaban J connectivity index is 1.62. The molecule has 26 heavy (non-hydrogen) atoms. The molecule has 0 bridgehead atoms. The van der Waals surface area contributed by atoms with Crippen LogP contribution < -0.4 is 10.1 Å². The molecule has 2 aromatic heterocycles. The number of nitrogens with zero attached hydrogens (tertiary/aromatic N) is 3. The van der Waals surface area contributed by atoms with Crippen molar-refractivity contribution in [3.05, 3.63) is 48.7 Å². The van der Waals surface area contributed by atoms with Crippen LogP contribution >= 0.6 is 11.8 Å². The van der Waals surface area contributed by atoms with E-state index in [4.69, 9.17) is 0 Å². The molecule has 0 radical (unpaired) electrons. The lowest BCUT2D eigenvalue weighted by atomic mass is 10.3. The first kappa shape index (κ1) is 18.1. The molecule has 0 saturated heterocycles. The number of hydrogen-bond donors (Lipinski definition) is 1. The lowest BCUT2D eigenvalue weighted by Gasteiger charge is -2.12. The van der Waals surface area contributed by atoms with E-state index >= 15 is 0 Å². The Morgan fingerprint density at radius 2 is 1.92 bits per heavy atom. The van der Waals surface area contributed by atoms with Gasteiger partial charge in [-0.15, -0.1) is 23.4 Å². The van der Waals surface area contributed by atoms with Crippen LogP contribution in [-0.2, 0) is 4.79 Å². The number of nitrogens with one attached hydrogen (secondary N) is 1. The van der Waals surface area contributed by atoms with Gasteiger partial charge in [0.2, 0.25) is 5.91 Å². The van der Waals surface area contributed by atoms with E-state index in [9.17, 15) is 18.0 Å². The van der Waals surface area contributed by atoms with Crippen LogP contribution in [0.15, 0.2) is 53.8 Å². The number of carbonyl (C=O) groups is 1. The maximum atomic E-state index is 12.3. The predicted octanol–water partition coefficient (Wildman–Crippen LogP) is 3.75. The molecule has 0 unspecified atom stereocenters. The van der Waals surface area contributed by atoms with Crippen LogP contribution in [0.5, 0.6) is 5.75 Å². The zero-order chi connectivity index (χ0) is 18.7. The first-order valence-corrected chi connectivity index (χ1v) is 8.33. The Bertz CT molecular complexity index is 912. The van der Waals surface area contributed by atoms with E-state index in [-0.39, 0.29) is 11.7 Å². The van der Waals surface area contributed by atoms with Gasteiger partial charge in [0.1, 0.15) is 5.75 Å². The zero-order valence-electron chi connectivity index (χ0n) is 13.4. The molecule has 0 saturated carbocycles. The Hall–Kier alpha value is -2.75. The van der Waals surface area contributed by atoms with Gasteiger partial charge in [0.05, 0.1) is 5.25 Å². The molecule has 136 valence electrons. The Morgan fingerprint density at radius 1 is 1.19 bits per heavy atom. The van der Waals surface area contributed by atoms with Gasteiger partial charge in [-0.2, -0.15) is 0 Å². The minimum absolute atomic E-state index is 0.313. The third-order valence-corrected chi connectivity index (χ3v) is 4.35. The third-order valence-electron chi connectivity index (χ3n) is 3.29. The largest absolute Gasteiger partial charge is 0.573 e. The maximum absolute atomic E-state index is 12.3. The molecule has 1 N–H and O–H groups in total. The number of anilines is 1. The van der Waals surface area contributed by atoms with Crippen LogP contribution in [0.4, 0.5) is 18.9 Å². The molecule has 6 nitrogen and oxygen atoms in total. The van der Waals surface area contributed by atoms with Crippen molar-refractivity contribution in [1.29, 1.82) is 0 Å². The van der Waals surface area contributed by atoms with Crippen LogP contribution in [0.25, 0.3) is 5.65 Å². The molecule has 3 rings (SSSR count). The number of rotatable bonds is 5. The van der Waals surface area contributed by atoms with E-state index in [0.29, 0.717) is 16.5 Å². The van der Waals surface area contributed by atoms with Crippen LogP contribution in [0.2, 0.25) is 0 Å². The van der Waals surface area contributed by atoms with Crippen molar-refractivity contribution in [2.24, 2.45) is 0 Å². The molecule has 0 aliphatic heterocycles. The molecular weight excluding hydrogens is 369 g/mol. The summed E-state index contributed by atoms with van der Waals surface area (Å²) in [5, 5.41) is 10.8. The summed E-state index contributed by atoms with van der Waals surface area (Å²) in [5.74, 6) is -0.667. The number of benzene rings is 1. The molecule has 0 fully saturated rings. The topological polar surface area (TPSA) is 68.5 Å². The van der Waals surface area contributed by atoms with Crippen LogP contribution in [0.3, 0.4) is 0 Å². The summed E-state index contributed by atoms with van der Waals surface area (Å²) >= 11 is 1.22. The molecule has 0 aliphatic carbocycles. The molecule has 0 aliphatic rings. The standard InChI is InChI=1S/C16H13F3N4O2S/c1-10(26-15-22-21-13-4-2-3-9-23(13)15)14(24)20-11-5-7-12(8-6-11)25-16(17,18)19/h2-10H,1H3,(H,20,24)/t10-/m0/s1. The smallest absolute Gasteiger partial charge is 0.406 e. The van der Waals surface area contributed by atoms with E-state index in [2.05, 4.69) is 20.3 Å². The van der Waals surface area contributed by atoms with E-state index in [1.54, 1.807) is 23.6 Å². The van der Waals surface area contributed by atoms with Crippen LogP contribution in [-0.4, -0.2) is 32.1 Å². The molecule has 1 amide bonds. The second kappa shape index (κ2) is 7.24. The number of ether oxygens (including phenoxy) is 1. The highest BCUT2D eigenvalue weighted by atomic mass is 32.2. The van der Waals surface area contributed by atoms with Crippen LogP contribution in [0, 0.1) is 0 Å². The van der Waals surface area contributed by atoms with Crippen molar-refractivity contribution in [2.45, 2.75) is 23.7 Å². The number of alkyl halides is 3. The van der Waals surface area contributed by atoms with Gasteiger partial charge < -0.3 is 10.1 Å². The van der Waals surface area contributed by atoms with Crippen molar-refractivity contribution < 1.29 is 22.7 Å². The van der Waals surface area contributed by atoms with E-state index in [1.165, 1.54) is 23.9 Å². The van der Waals surface area contributed by atoms with E-state index in [1.807, 2.05) is 12.1 Å². The average Bonchev–Trinajstić information content (AvgIpc) is 2.98. The van der Waals surface area contributed by atoms with Crippen LogP contribution in [0.1, 0.15) is 6.92 Å². The SMILES string of the molecule is C[C@H](Sc1nnc2ccccn12)C(=O)Nc1ccc(OC(F)(F)F)cc1. The van der Waals surface area contributed by atoms with Gasteiger partial charge in [-0.1, -0.05) is 17.8 Å². The molecule has 1 aromatic carbocycles. The molecule has 3 aromatic rings. The minimum Gasteiger partial charge on any atom is -0.406 e. The minimum atomic E-state index is -4.75. The molecule has 2 heterocycles. The van der Waals surface area contributed by atoms with Gasteiger partial charge in [-0.3, -0.25) is 9.20 Å². The summed E-state index contributed by atoms with van der Waals surface area (Å²) in [7, 11) is 0. The normalized spacial score (nSPS) is 12.8. The van der Waals surface area contributed by atoms with Gasteiger partial charge in [-0.25, -0.2) is 0 Å². The number of pyridine rings is 1. The first-order valence-electron chi connectivity index (χ1n) is 7.45. The molecule has 1 atom stereocenters. The van der Waals surface area contributed by atoms with Gasteiger partial charge in [0.25, 0.3) is 0 Å². The molecule has 0 spiro atoms. The fourth-order valence-corrected chi connectivity index (χ4v) is 2.93. The Kier molecular flexibility index (Phi) is 5.03. The number of aromatic nitrogens is 3. The maximum Gasteiger partial charge on any atom is 0.573 e. The highest BCUT2D eigenvalue weighted by Crippen LogP contribution is 2.25. The fraction of sp³-hybridized carbons (Fsp3) is 0.188. The fourth-order valence-electron chi connectivity index (χ4n) is 2.10. The van der Waals surface area contributed by atoms with Gasteiger partial charge >= 0.3 is 6.36 Å². The second-order valence-electron chi connectivity index (χ2n) is 5.23. The number of hydrogen-bond acceptors (Lipinski definition) is 5. The van der Waals surface area contributed by atoms with E-state index < -0.39 is 11.6 Å². The third kappa shape index (κ3) is 4.45. The van der Waals surface area contributed by atoms with Crippen molar-refractivity contribution in [1.82, 2.24) is 14.6 Å². The van der Waals surface area contributed by atoms with Gasteiger partial charge in [0.15, 0.2) is 10.8 Å². The van der Waals surface area contributed by atoms with E-state index in [0.717, 1.165) is 12.1 Å². The highest BCUT2D eigenvalue weighted by Gasteiger charge is 2.31. The number of carbonyl (C=O) groups excluding carboxylic acids is 1. The van der Waals surface area contributed by atoms with Crippen molar-refractivity contribution >= 4 is 29.0 Å². The number of amides is 1. The van der Waals surface area contributed by atoms with Crippen molar-refractivity contribution in [2.75, 3.05) is 5.32 Å². The quantitative estimate of drug-likeness (QED) is 0.681. The first-order chi connectivity index (χ1) is 12.3. The molecular formula is C16H13F3N4O2S.